The Morgan fingerprint density at radius 1 is 1.50 bits per heavy atom. The lowest BCUT2D eigenvalue weighted by Gasteiger charge is -2.31. The molecule has 2 heterocycles. The fourth-order valence-corrected chi connectivity index (χ4v) is 3.43. The molecule has 0 aliphatic carbocycles. The Balaban J connectivity index is 1.76. The smallest absolute Gasteiger partial charge is 0.0964 e. The van der Waals surface area contributed by atoms with E-state index in [1.54, 1.807) is 0 Å². The van der Waals surface area contributed by atoms with Crippen LogP contribution >= 0.6 is 11.8 Å². The highest BCUT2D eigenvalue weighted by atomic mass is 32.2. The number of hydrogen-bond donors (Lipinski definition) is 1. The molecule has 0 aromatic carbocycles. The van der Waals surface area contributed by atoms with Crippen molar-refractivity contribution in [1.82, 2.24) is 25.2 Å². The van der Waals surface area contributed by atoms with E-state index in [-0.39, 0.29) is 0 Å². The van der Waals surface area contributed by atoms with E-state index in [9.17, 15) is 0 Å². The summed E-state index contributed by atoms with van der Waals surface area (Å²) < 4.78 is 1.95. The number of thioether (sulfide) groups is 1. The third kappa shape index (κ3) is 3.96. The van der Waals surface area contributed by atoms with E-state index in [0.29, 0.717) is 0 Å². The molecule has 1 unspecified atom stereocenters. The van der Waals surface area contributed by atoms with Crippen LogP contribution in [0.5, 0.6) is 0 Å². The van der Waals surface area contributed by atoms with E-state index >= 15 is 0 Å². The summed E-state index contributed by atoms with van der Waals surface area (Å²) in [5.41, 5.74) is 1.01. The zero-order valence-electron chi connectivity index (χ0n) is 11.3. The lowest BCUT2D eigenvalue weighted by Crippen LogP contribution is -2.39. The van der Waals surface area contributed by atoms with Crippen molar-refractivity contribution < 1.29 is 0 Å². The fourth-order valence-electron chi connectivity index (χ4n) is 2.18. The minimum atomic E-state index is 0.790. The summed E-state index contributed by atoms with van der Waals surface area (Å²) in [5, 5.41) is 12.2. The molecule has 0 bridgehead atoms. The van der Waals surface area contributed by atoms with Crippen LogP contribution in [0, 0.1) is 0 Å². The Bertz CT molecular complexity index is 354. The summed E-state index contributed by atoms with van der Waals surface area (Å²) in [6, 6.07) is 0. The number of nitrogens with one attached hydrogen (secondary N) is 1. The maximum absolute atomic E-state index is 4.15. The van der Waals surface area contributed by atoms with E-state index in [4.69, 9.17) is 0 Å². The van der Waals surface area contributed by atoms with E-state index in [2.05, 4.69) is 39.2 Å². The van der Waals surface area contributed by atoms with Crippen molar-refractivity contribution in [3.63, 3.8) is 0 Å². The summed E-state index contributed by atoms with van der Waals surface area (Å²) in [4.78, 5) is 2.55. The average molecular weight is 269 g/mol. The van der Waals surface area contributed by atoms with Gasteiger partial charge in [0.15, 0.2) is 0 Å². The molecule has 1 aliphatic heterocycles. The van der Waals surface area contributed by atoms with Crippen LogP contribution in [0.2, 0.25) is 0 Å². The molecule has 5 nitrogen and oxygen atoms in total. The summed E-state index contributed by atoms with van der Waals surface area (Å²) in [5.74, 6) is 1.26. The number of rotatable bonds is 6. The molecule has 18 heavy (non-hydrogen) atoms. The summed E-state index contributed by atoms with van der Waals surface area (Å²) in [6.07, 6.45) is 3.31. The zero-order chi connectivity index (χ0) is 12.8. The predicted molar refractivity (Wildman–Crippen MR) is 75.8 cm³/mol. The van der Waals surface area contributed by atoms with Gasteiger partial charge in [-0.05, 0) is 13.5 Å². The number of hydrogen-bond acceptors (Lipinski definition) is 5. The van der Waals surface area contributed by atoms with Crippen molar-refractivity contribution >= 4 is 11.8 Å². The molecular formula is C12H23N5S. The first-order chi connectivity index (χ1) is 8.81. The third-order valence-electron chi connectivity index (χ3n) is 3.27. The maximum atomic E-state index is 4.15. The van der Waals surface area contributed by atoms with Gasteiger partial charge in [-0.1, -0.05) is 12.1 Å². The van der Waals surface area contributed by atoms with Crippen molar-refractivity contribution in [2.75, 3.05) is 32.4 Å². The highest BCUT2D eigenvalue weighted by Gasteiger charge is 2.18. The molecule has 1 fully saturated rings. The molecule has 0 spiro atoms. The normalized spacial score (nSPS) is 21.3. The first kappa shape index (κ1) is 13.8. The van der Waals surface area contributed by atoms with Crippen LogP contribution in [-0.4, -0.2) is 57.6 Å². The van der Waals surface area contributed by atoms with Gasteiger partial charge in [0.2, 0.25) is 0 Å². The number of aromatic nitrogens is 3. The average Bonchev–Trinajstić information content (AvgIpc) is 2.85. The lowest BCUT2D eigenvalue weighted by molar-refractivity contribution is 0.264. The first-order valence-electron chi connectivity index (χ1n) is 6.69. The van der Waals surface area contributed by atoms with E-state index in [1.807, 2.05) is 17.9 Å². The standard InChI is InChI=1S/C12H23N5S/c1-3-12-10-16(6-7-18-12)4-5-17-9-11(8-13-2)14-15-17/h9,12-13H,3-8,10H2,1-2H3. The Hall–Kier alpha value is -0.590. The molecule has 102 valence electrons. The second kappa shape index (κ2) is 7.11. The Labute approximate surface area is 113 Å². The summed E-state index contributed by atoms with van der Waals surface area (Å²) in [7, 11) is 1.93. The second-order valence-corrected chi connectivity index (χ2v) is 6.11. The highest BCUT2D eigenvalue weighted by molar-refractivity contribution is 8.00. The van der Waals surface area contributed by atoms with Gasteiger partial charge in [-0.25, -0.2) is 0 Å². The van der Waals surface area contributed by atoms with Crippen LogP contribution in [0.15, 0.2) is 6.20 Å². The highest BCUT2D eigenvalue weighted by Crippen LogP contribution is 2.20. The molecule has 1 aromatic heterocycles. The van der Waals surface area contributed by atoms with Crippen LogP contribution in [0.1, 0.15) is 19.0 Å². The first-order valence-corrected chi connectivity index (χ1v) is 7.74. The van der Waals surface area contributed by atoms with Crippen LogP contribution < -0.4 is 5.32 Å². The quantitative estimate of drug-likeness (QED) is 0.828. The van der Waals surface area contributed by atoms with Gasteiger partial charge < -0.3 is 5.32 Å². The molecule has 6 heteroatoms. The molecule has 0 radical (unpaired) electrons. The molecule has 0 amide bonds. The molecule has 1 atom stereocenters. The van der Waals surface area contributed by atoms with Gasteiger partial charge in [0.25, 0.3) is 0 Å². The van der Waals surface area contributed by atoms with Gasteiger partial charge in [-0.3, -0.25) is 9.58 Å². The van der Waals surface area contributed by atoms with Crippen LogP contribution in [0.25, 0.3) is 0 Å². The van der Waals surface area contributed by atoms with Crippen molar-refractivity contribution in [3.8, 4) is 0 Å². The van der Waals surface area contributed by atoms with E-state index in [0.717, 1.165) is 30.6 Å². The largest absolute Gasteiger partial charge is 0.314 e. The van der Waals surface area contributed by atoms with Crippen molar-refractivity contribution in [2.24, 2.45) is 0 Å². The van der Waals surface area contributed by atoms with Crippen molar-refractivity contribution in [1.29, 1.82) is 0 Å². The Morgan fingerprint density at radius 3 is 3.17 bits per heavy atom. The van der Waals surface area contributed by atoms with Gasteiger partial charge >= 0.3 is 0 Å². The van der Waals surface area contributed by atoms with Gasteiger partial charge in [0.1, 0.15) is 0 Å². The van der Waals surface area contributed by atoms with Gasteiger partial charge in [-0.2, -0.15) is 11.8 Å². The van der Waals surface area contributed by atoms with Crippen molar-refractivity contribution in [3.05, 3.63) is 11.9 Å². The molecular weight excluding hydrogens is 246 g/mol. The van der Waals surface area contributed by atoms with Gasteiger partial charge in [0.05, 0.1) is 12.2 Å². The van der Waals surface area contributed by atoms with Crippen LogP contribution in [-0.2, 0) is 13.1 Å². The SMILES string of the molecule is CCC1CN(CCn2cc(CNC)nn2)CCS1. The Kier molecular flexibility index (Phi) is 5.46. The minimum Gasteiger partial charge on any atom is -0.314 e. The minimum absolute atomic E-state index is 0.790. The van der Waals surface area contributed by atoms with E-state index in [1.165, 1.54) is 25.3 Å². The summed E-state index contributed by atoms with van der Waals surface area (Å²) >= 11 is 2.11. The zero-order valence-corrected chi connectivity index (χ0v) is 12.1. The predicted octanol–water partition coefficient (Wildman–Crippen LogP) is 0.825. The molecule has 1 aromatic rings. The van der Waals surface area contributed by atoms with Crippen molar-refractivity contribution in [2.45, 2.75) is 31.7 Å². The lowest BCUT2D eigenvalue weighted by atomic mass is 10.3. The monoisotopic (exact) mass is 269 g/mol. The van der Waals surface area contributed by atoms with Crippen LogP contribution in [0.3, 0.4) is 0 Å². The van der Waals surface area contributed by atoms with Crippen LogP contribution in [0.4, 0.5) is 0 Å². The molecule has 1 saturated heterocycles. The van der Waals surface area contributed by atoms with E-state index < -0.39 is 0 Å². The summed E-state index contributed by atoms with van der Waals surface area (Å²) in [6.45, 7) is 7.52. The molecule has 1 N–H and O–H groups in total. The molecule has 0 saturated carbocycles. The molecule has 2 rings (SSSR count). The third-order valence-corrected chi connectivity index (χ3v) is 4.64. The maximum Gasteiger partial charge on any atom is 0.0964 e. The Morgan fingerprint density at radius 2 is 2.39 bits per heavy atom. The topological polar surface area (TPSA) is 46.0 Å². The number of nitrogens with zero attached hydrogens (tertiary/aromatic N) is 4. The molecule has 1 aliphatic rings. The van der Waals surface area contributed by atoms with Gasteiger partial charge in [-0.15, -0.1) is 5.10 Å². The second-order valence-electron chi connectivity index (χ2n) is 4.70. The van der Waals surface area contributed by atoms with Gasteiger partial charge in [0, 0.05) is 43.4 Å². The fraction of sp³-hybridized carbons (Fsp3) is 0.833.